The van der Waals surface area contributed by atoms with Gasteiger partial charge in [0.2, 0.25) is 5.91 Å². The van der Waals surface area contributed by atoms with Gasteiger partial charge >= 0.3 is 0 Å². The van der Waals surface area contributed by atoms with Crippen LogP contribution in [0.15, 0.2) is 0 Å². The Morgan fingerprint density at radius 1 is 1.21 bits per heavy atom. The number of hydrogen-bond donors (Lipinski definition) is 1. The summed E-state index contributed by atoms with van der Waals surface area (Å²) in [6, 6.07) is 0.783. The van der Waals surface area contributed by atoms with Crippen molar-refractivity contribution >= 4 is 5.91 Å². The summed E-state index contributed by atoms with van der Waals surface area (Å²) >= 11 is 0. The molecule has 110 valence electrons. The van der Waals surface area contributed by atoms with Gasteiger partial charge in [-0.15, -0.1) is 0 Å². The zero-order valence-electron chi connectivity index (χ0n) is 12.9. The maximum Gasteiger partial charge on any atom is 0.222 e. The average molecular weight is 266 g/mol. The lowest BCUT2D eigenvalue weighted by molar-refractivity contribution is -0.130. The van der Waals surface area contributed by atoms with E-state index in [1.807, 2.05) is 0 Å². The van der Waals surface area contributed by atoms with Crippen molar-refractivity contribution in [1.82, 2.24) is 10.2 Å². The summed E-state index contributed by atoms with van der Waals surface area (Å²) in [7, 11) is 0. The zero-order chi connectivity index (χ0) is 13.9. The first-order valence-corrected chi connectivity index (χ1v) is 7.98. The highest BCUT2D eigenvalue weighted by molar-refractivity contribution is 5.76. The van der Waals surface area contributed by atoms with Gasteiger partial charge in [0.15, 0.2) is 0 Å². The summed E-state index contributed by atoms with van der Waals surface area (Å²) in [5.41, 5.74) is 0.337. The molecular formula is C16H30N2O. The largest absolute Gasteiger partial charge is 0.343 e. The molecule has 0 aromatic carbocycles. The van der Waals surface area contributed by atoms with Crippen LogP contribution < -0.4 is 5.32 Å². The maximum absolute atomic E-state index is 12.1. The molecule has 2 aliphatic rings. The van der Waals surface area contributed by atoms with Crippen molar-refractivity contribution in [3.05, 3.63) is 0 Å². The molecule has 1 saturated heterocycles. The Morgan fingerprint density at radius 3 is 2.58 bits per heavy atom. The molecule has 2 rings (SSSR count). The van der Waals surface area contributed by atoms with Crippen molar-refractivity contribution in [1.29, 1.82) is 0 Å². The first-order valence-electron chi connectivity index (χ1n) is 7.98. The lowest BCUT2D eigenvalue weighted by atomic mass is 9.77. The maximum atomic E-state index is 12.1. The van der Waals surface area contributed by atoms with Gasteiger partial charge in [0.1, 0.15) is 0 Å². The van der Waals surface area contributed by atoms with Crippen LogP contribution in [0.25, 0.3) is 0 Å². The van der Waals surface area contributed by atoms with Gasteiger partial charge in [0.05, 0.1) is 0 Å². The normalized spacial score (nSPS) is 25.5. The highest BCUT2D eigenvalue weighted by Gasteiger charge is 2.29. The van der Waals surface area contributed by atoms with Gasteiger partial charge in [-0.1, -0.05) is 20.8 Å². The number of hydrogen-bond acceptors (Lipinski definition) is 2. The highest BCUT2D eigenvalue weighted by atomic mass is 16.2. The van der Waals surface area contributed by atoms with Crippen LogP contribution >= 0.6 is 0 Å². The molecule has 0 aromatic heterocycles. The molecule has 2 fully saturated rings. The summed E-state index contributed by atoms with van der Waals surface area (Å²) in [6.45, 7) is 9.88. The number of nitrogens with one attached hydrogen (secondary N) is 1. The Morgan fingerprint density at radius 2 is 1.95 bits per heavy atom. The highest BCUT2D eigenvalue weighted by Crippen LogP contribution is 2.34. The molecule has 1 N–H and O–H groups in total. The van der Waals surface area contributed by atoms with Gasteiger partial charge in [-0.2, -0.15) is 0 Å². The Bertz CT molecular complexity index is 304. The molecule has 1 aliphatic heterocycles. The van der Waals surface area contributed by atoms with E-state index in [4.69, 9.17) is 0 Å². The third-order valence-electron chi connectivity index (χ3n) is 4.65. The van der Waals surface area contributed by atoms with Crippen molar-refractivity contribution in [2.45, 2.75) is 65.3 Å². The van der Waals surface area contributed by atoms with E-state index in [-0.39, 0.29) is 0 Å². The molecule has 3 heteroatoms. The second-order valence-electron chi connectivity index (χ2n) is 7.35. The molecule has 0 radical (unpaired) electrons. The van der Waals surface area contributed by atoms with Crippen molar-refractivity contribution in [3.8, 4) is 0 Å². The third kappa shape index (κ3) is 4.79. The minimum absolute atomic E-state index is 0.337. The summed E-state index contributed by atoms with van der Waals surface area (Å²) < 4.78 is 0. The first kappa shape index (κ1) is 14.8. The fraction of sp³-hybridized carbons (Fsp3) is 0.938. The molecule has 0 bridgehead atoms. The standard InChI is InChI=1S/C16H30N2O/c1-16(2,3)13-5-8-15(19)18(12-9-13)11-4-10-17-14-6-7-14/h13-14,17H,4-12H2,1-3H3. The fourth-order valence-corrected chi connectivity index (χ4v) is 3.00. The van der Waals surface area contributed by atoms with E-state index in [0.717, 1.165) is 44.9 Å². The third-order valence-corrected chi connectivity index (χ3v) is 4.65. The second kappa shape index (κ2) is 6.25. The van der Waals surface area contributed by atoms with Crippen LogP contribution in [0.4, 0.5) is 0 Å². The Balaban J connectivity index is 1.72. The van der Waals surface area contributed by atoms with Crippen molar-refractivity contribution < 1.29 is 4.79 Å². The molecule has 19 heavy (non-hydrogen) atoms. The van der Waals surface area contributed by atoms with Gasteiger partial charge < -0.3 is 10.2 Å². The number of amides is 1. The van der Waals surface area contributed by atoms with Crippen molar-refractivity contribution in [3.63, 3.8) is 0 Å². The summed E-state index contributed by atoms with van der Waals surface area (Å²) in [6.07, 6.45) is 6.77. The topological polar surface area (TPSA) is 32.3 Å². The molecule has 0 aromatic rings. The van der Waals surface area contributed by atoms with Gasteiger partial charge in [0, 0.05) is 25.6 Å². The van der Waals surface area contributed by atoms with Crippen LogP contribution in [0.5, 0.6) is 0 Å². The molecule has 3 nitrogen and oxygen atoms in total. The lowest BCUT2D eigenvalue weighted by Gasteiger charge is -2.29. The molecule has 1 unspecified atom stereocenters. The predicted molar refractivity (Wildman–Crippen MR) is 79.0 cm³/mol. The number of likely N-dealkylation sites (tertiary alicyclic amines) is 1. The van der Waals surface area contributed by atoms with Gasteiger partial charge in [-0.3, -0.25) is 4.79 Å². The molecule has 1 saturated carbocycles. The van der Waals surface area contributed by atoms with E-state index in [0.29, 0.717) is 17.2 Å². The summed E-state index contributed by atoms with van der Waals surface area (Å²) in [5.74, 6) is 1.06. The summed E-state index contributed by atoms with van der Waals surface area (Å²) in [4.78, 5) is 14.2. The monoisotopic (exact) mass is 266 g/mol. The zero-order valence-corrected chi connectivity index (χ0v) is 12.9. The van der Waals surface area contributed by atoms with E-state index >= 15 is 0 Å². The number of carbonyl (C=O) groups excluding carboxylic acids is 1. The van der Waals surface area contributed by atoms with Crippen molar-refractivity contribution in [2.75, 3.05) is 19.6 Å². The van der Waals surface area contributed by atoms with E-state index in [1.165, 1.54) is 19.3 Å². The fourth-order valence-electron chi connectivity index (χ4n) is 3.00. The van der Waals surface area contributed by atoms with E-state index in [9.17, 15) is 4.79 Å². The first-order chi connectivity index (χ1) is 8.97. The van der Waals surface area contributed by atoms with E-state index < -0.39 is 0 Å². The van der Waals surface area contributed by atoms with Crippen LogP contribution in [0, 0.1) is 11.3 Å². The minimum atomic E-state index is 0.337. The smallest absolute Gasteiger partial charge is 0.222 e. The van der Waals surface area contributed by atoms with Crippen LogP contribution in [0.1, 0.15) is 59.3 Å². The average Bonchev–Trinajstić information content (AvgIpc) is 3.12. The lowest BCUT2D eigenvalue weighted by Crippen LogP contribution is -2.33. The number of nitrogens with zero attached hydrogens (tertiary/aromatic N) is 1. The minimum Gasteiger partial charge on any atom is -0.343 e. The Labute approximate surface area is 118 Å². The molecule has 1 atom stereocenters. The second-order valence-corrected chi connectivity index (χ2v) is 7.35. The molecular weight excluding hydrogens is 236 g/mol. The molecule has 0 spiro atoms. The molecule has 1 aliphatic carbocycles. The van der Waals surface area contributed by atoms with Gasteiger partial charge in [-0.25, -0.2) is 0 Å². The quantitative estimate of drug-likeness (QED) is 0.776. The Kier molecular flexibility index (Phi) is 4.88. The van der Waals surface area contributed by atoms with Crippen LogP contribution in [0.3, 0.4) is 0 Å². The Hall–Kier alpha value is -0.570. The SMILES string of the molecule is CC(C)(C)C1CCC(=O)N(CCCNC2CC2)CC1. The molecule has 1 amide bonds. The van der Waals surface area contributed by atoms with Crippen molar-refractivity contribution in [2.24, 2.45) is 11.3 Å². The van der Waals surface area contributed by atoms with Gasteiger partial charge in [0.25, 0.3) is 0 Å². The molecule has 1 heterocycles. The van der Waals surface area contributed by atoms with E-state index in [2.05, 4.69) is 31.0 Å². The number of carbonyl (C=O) groups is 1. The van der Waals surface area contributed by atoms with Crippen LogP contribution in [-0.2, 0) is 4.79 Å². The summed E-state index contributed by atoms with van der Waals surface area (Å²) in [5, 5.41) is 3.52. The predicted octanol–water partition coefficient (Wildman–Crippen LogP) is 2.80. The van der Waals surface area contributed by atoms with Crippen LogP contribution in [-0.4, -0.2) is 36.5 Å². The number of rotatable bonds is 5. The van der Waals surface area contributed by atoms with Gasteiger partial charge in [-0.05, 0) is 50.0 Å². The van der Waals surface area contributed by atoms with Crippen LogP contribution in [0.2, 0.25) is 0 Å². The van der Waals surface area contributed by atoms with E-state index in [1.54, 1.807) is 0 Å².